The van der Waals surface area contributed by atoms with E-state index in [1.165, 1.54) is 16.7 Å². The van der Waals surface area contributed by atoms with E-state index in [0.717, 1.165) is 17.7 Å². The monoisotopic (exact) mass is 453 g/mol. The summed E-state index contributed by atoms with van der Waals surface area (Å²) >= 11 is 0. The van der Waals surface area contributed by atoms with E-state index >= 15 is 0 Å². The molecular formula is C32H39NO. The van der Waals surface area contributed by atoms with Crippen LogP contribution in [-0.2, 0) is 17.4 Å². The third kappa shape index (κ3) is 5.69. The Kier molecular flexibility index (Phi) is 8.17. The van der Waals surface area contributed by atoms with Crippen molar-refractivity contribution in [3.8, 4) is 5.75 Å². The second-order valence-corrected chi connectivity index (χ2v) is 10.2. The first-order valence-electron chi connectivity index (χ1n) is 12.1. The summed E-state index contributed by atoms with van der Waals surface area (Å²) in [6, 6.07) is 25.5. The van der Waals surface area contributed by atoms with Crippen molar-refractivity contribution in [3.63, 3.8) is 0 Å². The molecule has 0 heterocycles. The average Bonchev–Trinajstić information content (AvgIpc) is 2.84. The Morgan fingerprint density at radius 2 is 1.32 bits per heavy atom. The van der Waals surface area contributed by atoms with Gasteiger partial charge >= 0.3 is 0 Å². The molecule has 0 fully saturated rings. The molecule has 2 nitrogen and oxygen atoms in total. The molecule has 34 heavy (non-hydrogen) atoms. The smallest absolute Gasteiger partial charge is 0.124 e. The molecule has 0 unspecified atom stereocenters. The summed E-state index contributed by atoms with van der Waals surface area (Å²) in [7, 11) is 2.09. The van der Waals surface area contributed by atoms with Crippen LogP contribution in [0.1, 0.15) is 62.4 Å². The SMILES string of the molecule is C/C=C\C=C/CN(C)Cc1cc(C(C)(C)c2ccccc2)cc(C(C)(C)c2ccccc2)c1O. The standard InChI is InChI=1S/C32H39NO/c1-7-8-9-16-21-33(6)24-25-22-28(31(2,3)26-17-12-10-13-18-26)23-29(30(25)34)32(4,5)27-19-14-11-15-20-27/h7-20,22-23,34H,21,24H2,1-6H3/b8-7-,16-9-. The Morgan fingerprint density at radius 3 is 1.88 bits per heavy atom. The molecular weight excluding hydrogens is 414 g/mol. The van der Waals surface area contributed by atoms with Crippen molar-refractivity contribution in [2.45, 2.75) is 52.0 Å². The first kappa shape index (κ1) is 25.5. The van der Waals surface area contributed by atoms with Gasteiger partial charge in [-0.05, 0) is 36.7 Å². The van der Waals surface area contributed by atoms with E-state index < -0.39 is 0 Å². The van der Waals surface area contributed by atoms with Gasteiger partial charge in [0.2, 0.25) is 0 Å². The second-order valence-electron chi connectivity index (χ2n) is 10.2. The lowest BCUT2D eigenvalue weighted by Gasteiger charge is -2.33. The molecule has 0 saturated carbocycles. The van der Waals surface area contributed by atoms with Gasteiger partial charge < -0.3 is 5.11 Å². The third-order valence-corrected chi connectivity index (χ3v) is 6.87. The number of likely N-dealkylation sites (N-methyl/N-ethyl adjacent to an activating group) is 1. The van der Waals surface area contributed by atoms with Crippen molar-refractivity contribution < 1.29 is 5.11 Å². The maximum atomic E-state index is 11.5. The van der Waals surface area contributed by atoms with Gasteiger partial charge in [0.1, 0.15) is 5.75 Å². The van der Waals surface area contributed by atoms with Crippen LogP contribution in [0, 0.1) is 0 Å². The zero-order valence-corrected chi connectivity index (χ0v) is 21.5. The highest BCUT2D eigenvalue weighted by Gasteiger charge is 2.31. The molecule has 0 atom stereocenters. The van der Waals surface area contributed by atoms with Crippen molar-refractivity contribution in [3.05, 3.63) is 125 Å². The van der Waals surface area contributed by atoms with E-state index in [0.29, 0.717) is 12.3 Å². The average molecular weight is 454 g/mol. The number of phenolic OH excluding ortho intramolecular Hbond substituents is 1. The third-order valence-electron chi connectivity index (χ3n) is 6.87. The Morgan fingerprint density at radius 1 is 0.765 bits per heavy atom. The van der Waals surface area contributed by atoms with Crippen molar-refractivity contribution in [2.24, 2.45) is 0 Å². The van der Waals surface area contributed by atoms with Crippen LogP contribution in [0.4, 0.5) is 0 Å². The zero-order chi connectivity index (χ0) is 24.8. The predicted octanol–water partition coefficient (Wildman–Crippen LogP) is 7.61. The van der Waals surface area contributed by atoms with Gasteiger partial charge in [-0.25, -0.2) is 0 Å². The molecule has 3 aromatic carbocycles. The minimum absolute atomic E-state index is 0.199. The van der Waals surface area contributed by atoms with E-state index in [-0.39, 0.29) is 10.8 Å². The lowest BCUT2D eigenvalue weighted by atomic mass is 9.72. The van der Waals surface area contributed by atoms with Gasteiger partial charge in [0, 0.05) is 35.0 Å². The van der Waals surface area contributed by atoms with Crippen molar-refractivity contribution in [2.75, 3.05) is 13.6 Å². The number of allylic oxidation sites excluding steroid dienone is 3. The van der Waals surface area contributed by atoms with Crippen LogP contribution in [0.5, 0.6) is 5.75 Å². The van der Waals surface area contributed by atoms with Crippen molar-refractivity contribution >= 4 is 0 Å². The maximum absolute atomic E-state index is 11.5. The first-order chi connectivity index (χ1) is 16.2. The van der Waals surface area contributed by atoms with Crippen LogP contribution in [0.25, 0.3) is 0 Å². The summed E-state index contributed by atoms with van der Waals surface area (Å²) in [6.45, 7) is 12.4. The molecule has 0 saturated heterocycles. The van der Waals surface area contributed by atoms with E-state index in [9.17, 15) is 5.11 Å². The number of hydrogen-bond donors (Lipinski definition) is 1. The second kappa shape index (κ2) is 10.9. The molecule has 0 radical (unpaired) electrons. The molecule has 0 aromatic heterocycles. The van der Waals surface area contributed by atoms with Gasteiger partial charge in [-0.2, -0.15) is 0 Å². The Balaban J connectivity index is 2.11. The van der Waals surface area contributed by atoms with Crippen LogP contribution < -0.4 is 0 Å². The van der Waals surface area contributed by atoms with E-state index in [2.05, 4.69) is 119 Å². The summed E-state index contributed by atoms with van der Waals surface area (Å²) in [6.07, 6.45) is 8.27. The van der Waals surface area contributed by atoms with Crippen LogP contribution in [0.15, 0.2) is 97.1 Å². The highest BCUT2D eigenvalue weighted by atomic mass is 16.3. The summed E-state index contributed by atoms with van der Waals surface area (Å²) < 4.78 is 0. The van der Waals surface area contributed by atoms with Crippen LogP contribution in [0.2, 0.25) is 0 Å². The van der Waals surface area contributed by atoms with Gasteiger partial charge in [-0.15, -0.1) is 0 Å². The molecule has 0 aliphatic rings. The number of benzene rings is 3. The van der Waals surface area contributed by atoms with E-state index in [1.54, 1.807) is 0 Å². The highest BCUT2D eigenvalue weighted by molar-refractivity contribution is 5.54. The molecule has 1 N–H and O–H groups in total. The molecule has 2 heteroatoms. The lowest BCUT2D eigenvalue weighted by Crippen LogP contribution is -2.25. The maximum Gasteiger partial charge on any atom is 0.124 e. The van der Waals surface area contributed by atoms with Gasteiger partial charge in [-0.1, -0.05) is 119 Å². The Bertz CT molecular complexity index is 1120. The highest BCUT2D eigenvalue weighted by Crippen LogP contribution is 2.43. The predicted molar refractivity (Wildman–Crippen MR) is 146 cm³/mol. The molecule has 0 amide bonds. The van der Waals surface area contributed by atoms with Gasteiger partial charge in [0.05, 0.1) is 0 Å². The number of hydrogen-bond acceptors (Lipinski definition) is 2. The minimum Gasteiger partial charge on any atom is -0.507 e. The summed E-state index contributed by atoms with van der Waals surface area (Å²) in [5, 5.41) is 11.5. The summed E-state index contributed by atoms with van der Waals surface area (Å²) in [5.74, 6) is 0.394. The van der Waals surface area contributed by atoms with E-state index in [4.69, 9.17) is 0 Å². The molecule has 3 rings (SSSR count). The number of phenols is 1. The fourth-order valence-corrected chi connectivity index (χ4v) is 4.47. The van der Waals surface area contributed by atoms with E-state index in [1.807, 2.05) is 25.1 Å². The minimum atomic E-state index is -0.340. The van der Waals surface area contributed by atoms with Gasteiger partial charge in [-0.3, -0.25) is 4.90 Å². The molecule has 0 aliphatic heterocycles. The molecule has 0 bridgehead atoms. The molecule has 178 valence electrons. The molecule has 0 spiro atoms. The number of nitrogens with zero attached hydrogens (tertiary/aromatic N) is 1. The molecule has 0 aliphatic carbocycles. The fraction of sp³-hybridized carbons (Fsp3) is 0.312. The first-order valence-corrected chi connectivity index (χ1v) is 12.1. The Labute approximate surface area is 206 Å². The van der Waals surface area contributed by atoms with Crippen LogP contribution in [-0.4, -0.2) is 23.6 Å². The van der Waals surface area contributed by atoms with Gasteiger partial charge in [0.15, 0.2) is 0 Å². The summed E-state index contributed by atoms with van der Waals surface area (Å²) in [5.41, 5.74) is 5.05. The van der Waals surface area contributed by atoms with Crippen molar-refractivity contribution in [1.82, 2.24) is 4.90 Å². The topological polar surface area (TPSA) is 23.5 Å². The van der Waals surface area contributed by atoms with Gasteiger partial charge in [0.25, 0.3) is 0 Å². The number of rotatable bonds is 9. The van der Waals surface area contributed by atoms with Crippen molar-refractivity contribution in [1.29, 1.82) is 0 Å². The number of aromatic hydroxyl groups is 1. The quantitative estimate of drug-likeness (QED) is 0.337. The Hall–Kier alpha value is -3.10. The normalized spacial score (nSPS) is 12.8. The lowest BCUT2D eigenvalue weighted by molar-refractivity contribution is 0.350. The fourth-order valence-electron chi connectivity index (χ4n) is 4.47. The van der Waals surface area contributed by atoms with Crippen LogP contribution in [0.3, 0.4) is 0 Å². The van der Waals surface area contributed by atoms with Crippen LogP contribution >= 0.6 is 0 Å². The zero-order valence-electron chi connectivity index (χ0n) is 21.5. The summed E-state index contributed by atoms with van der Waals surface area (Å²) in [4.78, 5) is 2.23. The molecule has 3 aromatic rings. The largest absolute Gasteiger partial charge is 0.507 e.